The highest BCUT2D eigenvalue weighted by Crippen LogP contribution is 2.26. The summed E-state index contributed by atoms with van der Waals surface area (Å²) in [5.41, 5.74) is 0.840. The van der Waals surface area contributed by atoms with Crippen LogP contribution in [0.5, 0.6) is 0 Å². The molecular formula is C17H20ClNO3. The second-order valence-electron chi connectivity index (χ2n) is 5.69. The molecule has 22 heavy (non-hydrogen) atoms. The average Bonchev–Trinajstić information content (AvgIpc) is 2.54. The van der Waals surface area contributed by atoms with Gasteiger partial charge in [-0.1, -0.05) is 29.8 Å². The number of amides is 1. The van der Waals surface area contributed by atoms with Crippen LogP contribution in [0.3, 0.4) is 0 Å². The molecule has 3 rings (SSSR count). The van der Waals surface area contributed by atoms with Gasteiger partial charge in [0.05, 0.1) is 25.4 Å². The molecule has 1 aromatic carbocycles. The number of rotatable bonds is 3. The van der Waals surface area contributed by atoms with Crippen molar-refractivity contribution in [2.24, 2.45) is 0 Å². The molecule has 2 fully saturated rings. The monoisotopic (exact) mass is 321 g/mol. The highest BCUT2D eigenvalue weighted by atomic mass is 35.5. The minimum atomic E-state index is -0.0971. The van der Waals surface area contributed by atoms with Crippen LogP contribution in [0.25, 0.3) is 6.08 Å². The molecule has 1 aromatic rings. The maximum atomic E-state index is 12.0. The summed E-state index contributed by atoms with van der Waals surface area (Å²) in [6.45, 7) is 1.33. The molecule has 0 bridgehead atoms. The van der Waals surface area contributed by atoms with Crippen molar-refractivity contribution in [3.05, 3.63) is 40.9 Å². The van der Waals surface area contributed by atoms with Gasteiger partial charge in [0.2, 0.25) is 5.91 Å². The van der Waals surface area contributed by atoms with E-state index >= 15 is 0 Å². The molecule has 1 aliphatic carbocycles. The Balaban J connectivity index is 1.53. The van der Waals surface area contributed by atoms with E-state index < -0.39 is 0 Å². The fourth-order valence-electron chi connectivity index (χ4n) is 3.02. The largest absolute Gasteiger partial charge is 0.373 e. The van der Waals surface area contributed by atoms with Gasteiger partial charge in [-0.15, -0.1) is 0 Å². The van der Waals surface area contributed by atoms with Crippen molar-refractivity contribution >= 4 is 23.6 Å². The smallest absolute Gasteiger partial charge is 0.244 e. The molecule has 1 aliphatic heterocycles. The van der Waals surface area contributed by atoms with E-state index in [4.69, 9.17) is 21.1 Å². The first-order chi connectivity index (χ1) is 10.7. The lowest BCUT2D eigenvalue weighted by molar-refractivity contribution is -0.158. The Bertz CT molecular complexity index is 561. The molecule has 1 amide bonds. The Morgan fingerprint density at radius 3 is 2.77 bits per heavy atom. The van der Waals surface area contributed by atoms with E-state index in [2.05, 4.69) is 5.32 Å². The molecule has 0 spiro atoms. The lowest BCUT2D eigenvalue weighted by atomic mass is 9.89. The van der Waals surface area contributed by atoms with Crippen molar-refractivity contribution in [1.29, 1.82) is 0 Å². The Hall–Kier alpha value is -1.36. The third-order valence-corrected chi connectivity index (χ3v) is 4.49. The van der Waals surface area contributed by atoms with E-state index in [-0.39, 0.29) is 24.2 Å². The minimum Gasteiger partial charge on any atom is -0.373 e. The van der Waals surface area contributed by atoms with Crippen LogP contribution < -0.4 is 5.32 Å². The van der Waals surface area contributed by atoms with Crippen LogP contribution in [0.2, 0.25) is 5.02 Å². The van der Waals surface area contributed by atoms with Crippen molar-refractivity contribution in [2.75, 3.05) is 13.2 Å². The molecule has 1 heterocycles. The number of halogens is 1. The number of benzene rings is 1. The number of ether oxygens (including phenoxy) is 2. The first-order valence-corrected chi connectivity index (χ1v) is 8.06. The third-order valence-electron chi connectivity index (χ3n) is 4.14. The quantitative estimate of drug-likeness (QED) is 0.871. The molecule has 1 N–H and O–H groups in total. The Morgan fingerprint density at radius 1 is 1.18 bits per heavy atom. The van der Waals surface area contributed by atoms with E-state index in [9.17, 15) is 4.79 Å². The van der Waals surface area contributed by atoms with Gasteiger partial charge in [0.25, 0.3) is 0 Å². The predicted molar refractivity (Wildman–Crippen MR) is 85.7 cm³/mol. The lowest BCUT2D eigenvalue weighted by Crippen LogP contribution is -2.49. The normalized spacial score (nSPS) is 28.3. The molecule has 3 unspecified atom stereocenters. The number of nitrogens with one attached hydrogen (secondary N) is 1. The number of hydrogen-bond acceptors (Lipinski definition) is 3. The highest BCUT2D eigenvalue weighted by Gasteiger charge is 2.34. The highest BCUT2D eigenvalue weighted by molar-refractivity contribution is 6.32. The topological polar surface area (TPSA) is 47.6 Å². The van der Waals surface area contributed by atoms with Gasteiger partial charge >= 0.3 is 0 Å². The van der Waals surface area contributed by atoms with Crippen molar-refractivity contribution in [2.45, 2.75) is 37.5 Å². The Labute approximate surface area is 135 Å². The van der Waals surface area contributed by atoms with Crippen molar-refractivity contribution in [3.63, 3.8) is 0 Å². The number of carbonyl (C=O) groups is 1. The minimum absolute atomic E-state index is 0.0971. The molecule has 2 aliphatic rings. The average molecular weight is 322 g/mol. The number of fused-ring (bicyclic) bond motifs is 1. The Kier molecular flexibility index (Phi) is 5.13. The number of hydrogen-bond donors (Lipinski definition) is 1. The van der Waals surface area contributed by atoms with Gasteiger partial charge in [0.1, 0.15) is 0 Å². The SMILES string of the molecule is O=C(/C=C/c1ccccc1Cl)NC1CCC2OCCOC2C1. The van der Waals surface area contributed by atoms with Crippen LogP contribution in [0.1, 0.15) is 24.8 Å². The summed E-state index contributed by atoms with van der Waals surface area (Å²) < 4.78 is 11.4. The van der Waals surface area contributed by atoms with Crippen molar-refractivity contribution in [1.82, 2.24) is 5.32 Å². The molecule has 5 heteroatoms. The maximum Gasteiger partial charge on any atom is 0.244 e. The molecule has 0 aromatic heterocycles. The first kappa shape index (κ1) is 15.5. The number of carbonyl (C=O) groups excluding carboxylic acids is 1. The summed E-state index contributed by atoms with van der Waals surface area (Å²) in [6, 6.07) is 7.59. The molecule has 118 valence electrons. The van der Waals surface area contributed by atoms with Crippen LogP contribution >= 0.6 is 11.6 Å². The zero-order chi connectivity index (χ0) is 15.4. The molecule has 1 saturated heterocycles. The van der Waals surface area contributed by atoms with E-state index in [1.54, 1.807) is 12.1 Å². The van der Waals surface area contributed by atoms with Crippen LogP contribution in [0.4, 0.5) is 0 Å². The van der Waals surface area contributed by atoms with Crippen LogP contribution in [-0.2, 0) is 14.3 Å². The van der Waals surface area contributed by atoms with Gasteiger partial charge in [-0.3, -0.25) is 4.79 Å². The first-order valence-electron chi connectivity index (χ1n) is 7.68. The van der Waals surface area contributed by atoms with Gasteiger partial charge in [-0.2, -0.15) is 0 Å². The molecular weight excluding hydrogens is 302 g/mol. The molecule has 3 atom stereocenters. The maximum absolute atomic E-state index is 12.0. The third kappa shape index (κ3) is 3.88. The second kappa shape index (κ2) is 7.27. The van der Waals surface area contributed by atoms with Crippen molar-refractivity contribution in [3.8, 4) is 0 Å². The van der Waals surface area contributed by atoms with Gasteiger partial charge in [0.15, 0.2) is 0 Å². The summed E-state index contributed by atoms with van der Waals surface area (Å²) in [4.78, 5) is 12.0. The van der Waals surface area contributed by atoms with Crippen LogP contribution in [-0.4, -0.2) is 37.4 Å². The lowest BCUT2D eigenvalue weighted by Gasteiger charge is -2.38. The van der Waals surface area contributed by atoms with Gasteiger partial charge in [0, 0.05) is 17.1 Å². The summed E-state index contributed by atoms with van der Waals surface area (Å²) in [5, 5.41) is 3.68. The summed E-state index contributed by atoms with van der Waals surface area (Å²) in [7, 11) is 0. The zero-order valence-corrected chi connectivity index (χ0v) is 13.1. The fourth-order valence-corrected chi connectivity index (χ4v) is 3.22. The second-order valence-corrected chi connectivity index (χ2v) is 6.10. The van der Waals surface area contributed by atoms with Crippen molar-refractivity contribution < 1.29 is 14.3 Å². The molecule has 0 radical (unpaired) electrons. The van der Waals surface area contributed by atoms with Gasteiger partial charge in [-0.25, -0.2) is 0 Å². The molecule has 1 saturated carbocycles. The molecule has 4 nitrogen and oxygen atoms in total. The van der Waals surface area contributed by atoms with E-state index in [0.29, 0.717) is 18.2 Å². The van der Waals surface area contributed by atoms with Crippen LogP contribution in [0, 0.1) is 0 Å². The van der Waals surface area contributed by atoms with Gasteiger partial charge in [-0.05, 0) is 37.0 Å². The van der Waals surface area contributed by atoms with E-state index in [0.717, 1.165) is 24.8 Å². The standard InChI is InChI=1S/C17H20ClNO3/c18-14-4-2-1-3-12(14)5-8-17(20)19-13-6-7-15-16(11-13)22-10-9-21-15/h1-5,8,13,15-16H,6-7,9-11H2,(H,19,20)/b8-5+. The zero-order valence-electron chi connectivity index (χ0n) is 12.3. The Morgan fingerprint density at radius 2 is 1.95 bits per heavy atom. The summed E-state index contributed by atoms with van der Waals surface area (Å²) in [5.74, 6) is -0.0971. The summed E-state index contributed by atoms with van der Waals surface area (Å²) in [6.07, 6.45) is 6.26. The predicted octanol–water partition coefficient (Wildman–Crippen LogP) is 2.81. The van der Waals surface area contributed by atoms with Crippen LogP contribution in [0.15, 0.2) is 30.3 Å². The summed E-state index contributed by atoms with van der Waals surface area (Å²) >= 11 is 6.06. The fraction of sp³-hybridized carbons (Fsp3) is 0.471. The van der Waals surface area contributed by atoms with E-state index in [1.165, 1.54) is 6.08 Å². The van der Waals surface area contributed by atoms with Gasteiger partial charge < -0.3 is 14.8 Å². The van der Waals surface area contributed by atoms with E-state index in [1.807, 2.05) is 18.2 Å².